The number of H-pyrrole nitrogens is 1. The minimum atomic E-state index is -0.233. The molecule has 0 bridgehead atoms. The third kappa shape index (κ3) is 3.27. The Labute approximate surface area is 125 Å². The lowest BCUT2D eigenvalue weighted by atomic mass is 10.2. The highest BCUT2D eigenvalue weighted by Crippen LogP contribution is 2.30. The molecule has 7 nitrogen and oxygen atoms in total. The first-order valence-electron chi connectivity index (χ1n) is 6.09. The number of hydrogen-bond donors (Lipinski definition) is 2. The molecule has 0 aliphatic heterocycles. The maximum atomic E-state index is 12.1. The van der Waals surface area contributed by atoms with Crippen molar-refractivity contribution in [2.45, 2.75) is 5.75 Å². The van der Waals surface area contributed by atoms with Gasteiger partial charge in [0.2, 0.25) is 0 Å². The lowest BCUT2D eigenvalue weighted by Gasteiger charge is -2.09. The van der Waals surface area contributed by atoms with Crippen LogP contribution in [0.15, 0.2) is 21.9 Å². The van der Waals surface area contributed by atoms with Crippen LogP contribution in [0.25, 0.3) is 10.9 Å². The van der Waals surface area contributed by atoms with Gasteiger partial charge in [-0.25, -0.2) is 4.98 Å². The first-order chi connectivity index (χ1) is 10.1. The quantitative estimate of drug-likeness (QED) is 0.648. The summed E-state index contributed by atoms with van der Waals surface area (Å²) in [5.41, 5.74) is 5.92. The van der Waals surface area contributed by atoms with Crippen molar-refractivity contribution in [3.8, 4) is 11.5 Å². The summed E-state index contributed by atoms with van der Waals surface area (Å²) in [6.45, 7) is 0. The van der Waals surface area contributed by atoms with Gasteiger partial charge in [0.15, 0.2) is 16.7 Å². The Kier molecular flexibility index (Phi) is 4.69. The summed E-state index contributed by atoms with van der Waals surface area (Å²) in [4.78, 5) is 23.1. The number of fused-ring (bicyclic) bond motifs is 1. The predicted molar refractivity (Wildman–Crippen MR) is 84.3 cm³/mol. The zero-order valence-electron chi connectivity index (χ0n) is 12.0. The van der Waals surface area contributed by atoms with Gasteiger partial charge < -0.3 is 20.2 Å². The van der Waals surface area contributed by atoms with Gasteiger partial charge in [-0.2, -0.15) is 0 Å². The Morgan fingerprint density at radius 3 is 2.67 bits per heavy atom. The molecule has 2 aromatic rings. The highest BCUT2D eigenvalue weighted by Gasteiger charge is 2.11. The van der Waals surface area contributed by atoms with Crippen molar-refractivity contribution >= 4 is 27.8 Å². The van der Waals surface area contributed by atoms with Crippen LogP contribution in [0.1, 0.15) is 5.82 Å². The summed E-state index contributed by atoms with van der Waals surface area (Å²) in [5.74, 6) is 1.97. The molecule has 8 heteroatoms. The molecule has 0 unspecified atom stereocenters. The number of aromatic nitrogens is 2. The number of rotatable bonds is 4. The maximum Gasteiger partial charge on any atom is 0.258 e. The van der Waals surface area contributed by atoms with Gasteiger partial charge in [-0.3, -0.25) is 9.79 Å². The van der Waals surface area contributed by atoms with Crippen molar-refractivity contribution in [3.63, 3.8) is 0 Å². The minimum Gasteiger partial charge on any atom is -0.493 e. The highest BCUT2D eigenvalue weighted by atomic mass is 32.2. The lowest BCUT2D eigenvalue weighted by Crippen LogP contribution is -2.13. The van der Waals surface area contributed by atoms with Crippen molar-refractivity contribution in [1.29, 1.82) is 0 Å². The number of amidine groups is 1. The molecule has 0 spiro atoms. The summed E-state index contributed by atoms with van der Waals surface area (Å²) in [6.07, 6.45) is 0. The molecule has 0 amide bonds. The van der Waals surface area contributed by atoms with E-state index in [2.05, 4.69) is 15.0 Å². The van der Waals surface area contributed by atoms with Crippen molar-refractivity contribution in [2.24, 2.45) is 10.7 Å². The molecule has 0 saturated carbocycles. The molecule has 112 valence electrons. The first-order valence-corrected chi connectivity index (χ1v) is 7.07. The number of hydrogen-bond acceptors (Lipinski definition) is 6. The van der Waals surface area contributed by atoms with Crippen molar-refractivity contribution in [2.75, 3.05) is 21.3 Å². The second kappa shape index (κ2) is 6.49. The number of benzene rings is 1. The molecule has 0 atom stereocenters. The van der Waals surface area contributed by atoms with E-state index in [9.17, 15) is 4.79 Å². The van der Waals surface area contributed by atoms with E-state index in [0.717, 1.165) is 0 Å². The largest absolute Gasteiger partial charge is 0.493 e. The van der Waals surface area contributed by atoms with Crippen molar-refractivity contribution in [1.82, 2.24) is 9.97 Å². The smallest absolute Gasteiger partial charge is 0.258 e. The van der Waals surface area contributed by atoms with Crippen LogP contribution >= 0.6 is 11.8 Å². The van der Waals surface area contributed by atoms with Crippen LogP contribution in [-0.2, 0) is 5.75 Å². The Bertz CT molecular complexity index is 742. The average molecular weight is 308 g/mol. The summed E-state index contributed by atoms with van der Waals surface area (Å²) in [5, 5.41) is 0.878. The molecule has 1 aromatic heterocycles. The van der Waals surface area contributed by atoms with Gasteiger partial charge in [0.25, 0.3) is 5.56 Å². The van der Waals surface area contributed by atoms with Gasteiger partial charge in [-0.15, -0.1) is 0 Å². The molecule has 0 radical (unpaired) electrons. The Hall–Kier alpha value is -2.22. The summed E-state index contributed by atoms with van der Waals surface area (Å²) < 4.78 is 10.4. The molecular weight excluding hydrogens is 292 g/mol. The van der Waals surface area contributed by atoms with E-state index >= 15 is 0 Å². The van der Waals surface area contributed by atoms with Gasteiger partial charge in [0.05, 0.1) is 30.9 Å². The fourth-order valence-corrected chi connectivity index (χ4v) is 2.34. The Morgan fingerprint density at radius 1 is 1.38 bits per heavy atom. The van der Waals surface area contributed by atoms with E-state index in [-0.39, 0.29) is 5.56 Å². The fraction of sp³-hybridized carbons (Fsp3) is 0.308. The first kappa shape index (κ1) is 15.2. The number of nitrogens with two attached hydrogens (primary N) is 1. The number of aliphatic imine (C=N–C) groups is 1. The van der Waals surface area contributed by atoms with Gasteiger partial charge >= 0.3 is 0 Å². The molecule has 0 fully saturated rings. The van der Waals surface area contributed by atoms with E-state index in [1.54, 1.807) is 19.2 Å². The van der Waals surface area contributed by atoms with Gasteiger partial charge in [0.1, 0.15) is 5.82 Å². The molecule has 1 aromatic carbocycles. The normalized spacial score (nSPS) is 11.7. The molecule has 1 heterocycles. The standard InChI is InChI=1S/C13H16N4O3S/c1-15-13(14)21-6-11-16-8-5-10(20-3)9(19-2)4-7(8)12(18)17-11/h4-5H,6H2,1-3H3,(H2,14,15)(H,16,17,18). The van der Waals surface area contributed by atoms with Crippen LogP contribution in [0.5, 0.6) is 11.5 Å². The van der Waals surface area contributed by atoms with E-state index in [0.29, 0.717) is 39.1 Å². The highest BCUT2D eigenvalue weighted by molar-refractivity contribution is 8.13. The third-order valence-corrected chi connectivity index (χ3v) is 3.73. The van der Waals surface area contributed by atoms with Gasteiger partial charge in [-0.05, 0) is 6.07 Å². The fourth-order valence-electron chi connectivity index (χ4n) is 1.79. The molecular formula is C13H16N4O3S. The zero-order chi connectivity index (χ0) is 15.4. The zero-order valence-corrected chi connectivity index (χ0v) is 12.8. The summed E-state index contributed by atoms with van der Waals surface area (Å²) >= 11 is 1.30. The molecule has 2 rings (SSSR count). The van der Waals surface area contributed by atoms with E-state index in [1.807, 2.05) is 0 Å². The van der Waals surface area contributed by atoms with Crippen LogP contribution in [0.4, 0.5) is 0 Å². The number of methoxy groups -OCH3 is 2. The number of nitrogens with zero attached hydrogens (tertiary/aromatic N) is 2. The third-order valence-electron chi connectivity index (χ3n) is 2.84. The molecule has 3 N–H and O–H groups in total. The topological polar surface area (TPSA) is 103 Å². The van der Waals surface area contributed by atoms with Crippen LogP contribution in [0, 0.1) is 0 Å². The molecule has 0 aliphatic rings. The monoisotopic (exact) mass is 308 g/mol. The van der Waals surface area contributed by atoms with E-state index < -0.39 is 0 Å². The number of nitrogens with one attached hydrogen (secondary N) is 1. The SMILES string of the molecule is CN=C(N)SCc1nc2cc(OC)c(OC)cc2c(=O)[nH]1. The molecule has 0 saturated heterocycles. The van der Waals surface area contributed by atoms with Crippen molar-refractivity contribution in [3.05, 3.63) is 28.3 Å². The van der Waals surface area contributed by atoms with E-state index in [4.69, 9.17) is 15.2 Å². The lowest BCUT2D eigenvalue weighted by molar-refractivity contribution is 0.355. The number of aromatic amines is 1. The Morgan fingerprint density at radius 2 is 2.05 bits per heavy atom. The van der Waals surface area contributed by atoms with Crippen LogP contribution in [0.2, 0.25) is 0 Å². The average Bonchev–Trinajstić information content (AvgIpc) is 2.51. The summed E-state index contributed by atoms with van der Waals surface area (Å²) in [7, 11) is 4.66. The maximum absolute atomic E-state index is 12.1. The van der Waals surface area contributed by atoms with E-state index in [1.165, 1.54) is 26.0 Å². The minimum absolute atomic E-state index is 0.233. The second-order valence-corrected chi connectivity index (χ2v) is 5.08. The van der Waals surface area contributed by atoms with Crippen LogP contribution in [-0.4, -0.2) is 36.4 Å². The second-order valence-electron chi connectivity index (χ2n) is 4.09. The summed E-state index contributed by atoms with van der Waals surface area (Å²) in [6, 6.07) is 3.29. The Balaban J connectivity index is 2.47. The molecule has 0 aliphatic carbocycles. The van der Waals surface area contributed by atoms with Crippen molar-refractivity contribution < 1.29 is 9.47 Å². The number of thioether (sulfide) groups is 1. The van der Waals surface area contributed by atoms with Crippen LogP contribution in [0.3, 0.4) is 0 Å². The van der Waals surface area contributed by atoms with Crippen LogP contribution < -0.4 is 20.8 Å². The molecule has 21 heavy (non-hydrogen) atoms. The van der Waals surface area contributed by atoms with Gasteiger partial charge in [-0.1, -0.05) is 11.8 Å². The van der Waals surface area contributed by atoms with Gasteiger partial charge in [0, 0.05) is 13.1 Å². The predicted octanol–water partition coefficient (Wildman–Crippen LogP) is 1.12. The number of ether oxygens (including phenoxy) is 2.